The lowest BCUT2D eigenvalue weighted by atomic mass is 10.0. The molecule has 0 aliphatic heterocycles. The summed E-state index contributed by atoms with van der Waals surface area (Å²) < 4.78 is 0. The Labute approximate surface area is 39.6 Å². The monoisotopic (exact) mass is 82.1 g/mol. The molecule has 0 heteroatoms. The van der Waals surface area contributed by atoms with Gasteiger partial charge in [0.25, 0.3) is 0 Å². The lowest BCUT2D eigenvalue weighted by Gasteiger charge is -2.04. The van der Waals surface area contributed by atoms with Crippen LogP contribution in [-0.2, 0) is 0 Å². The molecule has 2 radical (unpaired) electrons. The van der Waals surface area contributed by atoms with E-state index < -0.39 is 0 Å². The largest absolute Gasteiger partial charge is 0.0533 e. The third-order valence-corrected chi connectivity index (χ3v) is 1.21. The van der Waals surface area contributed by atoms with Crippen LogP contribution in [0.5, 0.6) is 0 Å². The van der Waals surface area contributed by atoms with Crippen LogP contribution in [0.1, 0.15) is 32.1 Å². The smallest absolute Gasteiger partial charge is 0.0173 e. The maximum atomic E-state index is 3.28. The summed E-state index contributed by atoms with van der Waals surface area (Å²) >= 11 is 0. The van der Waals surface area contributed by atoms with Gasteiger partial charge in [0.1, 0.15) is 0 Å². The molecule has 0 amide bonds. The van der Waals surface area contributed by atoms with Gasteiger partial charge >= 0.3 is 0 Å². The highest BCUT2D eigenvalue weighted by Crippen LogP contribution is 2.14. The number of hydrogen-bond donors (Lipinski definition) is 0. The fourth-order valence-electron chi connectivity index (χ4n) is 0.802. The molecular formula is C6H10. The van der Waals surface area contributed by atoms with Crippen molar-refractivity contribution in [1.29, 1.82) is 0 Å². The van der Waals surface area contributed by atoms with Crippen LogP contribution < -0.4 is 0 Å². The van der Waals surface area contributed by atoms with Crippen molar-refractivity contribution >= 4 is 0 Å². The van der Waals surface area contributed by atoms with Gasteiger partial charge in [-0.3, -0.25) is 0 Å². The molecule has 0 aromatic heterocycles. The quantitative estimate of drug-likeness (QED) is 0.419. The van der Waals surface area contributed by atoms with Crippen molar-refractivity contribution in [1.82, 2.24) is 0 Å². The Bertz CT molecular complexity index is 15.5. The Kier molecular flexibility index (Phi) is 1.54. The molecule has 0 bridgehead atoms. The van der Waals surface area contributed by atoms with Crippen molar-refractivity contribution in [2.45, 2.75) is 32.1 Å². The zero-order valence-electron chi connectivity index (χ0n) is 4.04. The maximum Gasteiger partial charge on any atom is -0.0173 e. The van der Waals surface area contributed by atoms with E-state index in [2.05, 4.69) is 6.42 Å². The molecular weight excluding hydrogens is 72.1 g/mol. The lowest BCUT2D eigenvalue weighted by Crippen LogP contribution is -1.87. The Morgan fingerprint density at radius 1 is 0.833 bits per heavy atom. The first kappa shape index (κ1) is 4.17. The zero-order chi connectivity index (χ0) is 4.24. The minimum Gasteiger partial charge on any atom is -0.0533 e. The molecule has 0 spiro atoms. The second kappa shape index (κ2) is 2.22. The highest BCUT2D eigenvalue weighted by atomic mass is 14.0. The van der Waals surface area contributed by atoms with Gasteiger partial charge in [-0.15, -0.1) is 0 Å². The predicted octanol–water partition coefficient (Wildman–Crippen LogP) is 2.03. The first-order valence-corrected chi connectivity index (χ1v) is 2.71. The average molecular weight is 82.1 g/mol. The second-order valence-corrected chi connectivity index (χ2v) is 1.81. The van der Waals surface area contributed by atoms with E-state index in [1.54, 1.807) is 0 Å². The summed E-state index contributed by atoms with van der Waals surface area (Å²) in [5.41, 5.74) is 0. The van der Waals surface area contributed by atoms with Crippen LogP contribution in [0, 0.1) is 6.42 Å². The molecule has 0 aromatic rings. The van der Waals surface area contributed by atoms with E-state index in [9.17, 15) is 0 Å². The van der Waals surface area contributed by atoms with Crippen LogP contribution in [0.25, 0.3) is 0 Å². The normalized spacial score (nSPS) is 24.0. The summed E-state index contributed by atoms with van der Waals surface area (Å²) in [7, 11) is 0. The van der Waals surface area contributed by atoms with Crippen LogP contribution in [0.15, 0.2) is 0 Å². The summed E-state index contributed by atoms with van der Waals surface area (Å²) in [6.45, 7) is 0. The summed E-state index contributed by atoms with van der Waals surface area (Å²) in [5.74, 6) is 0. The van der Waals surface area contributed by atoms with E-state index in [1.165, 1.54) is 32.1 Å². The van der Waals surface area contributed by atoms with E-state index in [0.29, 0.717) is 0 Å². The molecule has 1 saturated carbocycles. The van der Waals surface area contributed by atoms with Crippen LogP contribution in [0.4, 0.5) is 0 Å². The van der Waals surface area contributed by atoms with Crippen LogP contribution in [-0.4, -0.2) is 0 Å². The number of rotatable bonds is 0. The summed E-state index contributed by atoms with van der Waals surface area (Å²) in [5, 5.41) is 0. The van der Waals surface area contributed by atoms with Gasteiger partial charge in [-0.05, 0) is 19.3 Å². The van der Waals surface area contributed by atoms with Crippen LogP contribution >= 0.6 is 0 Å². The summed E-state index contributed by atoms with van der Waals surface area (Å²) in [6.07, 6.45) is 10.0. The van der Waals surface area contributed by atoms with Crippen molar-refractivity contribution in [2.75, 3.05) is 0 Å². The van der Waals surface area contributed by atoms with Crippen molar-refractivity contribution in [3.63, 3.8) is 0 Å². The van der Waals surface area contributed by atoms with Gasteiger partial charge in [-0.25, -0.2) is 0 Å². The van der Waals surface area contributed by atoms with Crippen LogP contribution in [0.2, 0.25) is 0 Å². The SMILES string of the molecule is [C]1CCCCC1. The van der Waals surface area contributed by atoms with Gasteiger partial charge in [-0.2, -0.15) is 0 Å². The van der Waals surface area contributed by atoms with Gasteiger partial charge in [-0.1, -0.05) is 19.3 Å². The molecule has 1 aliphatic carbocycles. The maximum absolute atomic E-state index is 3.28. The zero-order valence-corrected chi connectivity index (χ0v) is 4.04. The highest BCUT2D eigenvalue weighted by molar-refractivity contribution is 4.69. The minimum atomic E-state index is 1.25. The molecule has 1 fully saturated rings. The molecule has 6 heavy (non-hydrogen) atoms. The standard InChI is InChI=1S/C6H10/c1-2-4-6-5-3-1/h1-5H2. The van der Waals surface area contributed by atoms with Gasteiger partial charge in [0, 0.05) is 0 Å². The molecule has 0 N–H and O–H groups in total. The highest BCUT2D eigenvalue weighted by Gasteiger charge is 1.96. The molecule has 1 aliphatic rings. The van der Waals surface area contributed by atoms with Crippen molar-refractivity contribution < 1.29 is 0 Å². The molecule has 0 nitrogen and oxygen atoms in total. The molecule has 34 valence electrons. The minimum absolute atomic E-state index is 1.25. The summed E-state index contributed by atoms with van der Waals surface area (Å²) in [4.78, 5) is 0. The van der Waals surface area contributed by atoms with Crippen molar-refractivity contribution in [3.05, 3.63) is 6.42 Å². The average Bonchev–Trinajstić information content (AvgIpc) is 1.72. The Morgan fingerprint density at radius 3 is 1.67 bits per heavy atom. The third kappa shape index (κ3) is 1.00. The van der Waals surface area contributed by atoms with Crippen molar-refractivity contribution in [2.24, 2.45) is 0 Å². The molecule has 1 rings (SSSR count). The Hall–Kier alpha value is 0. The molecule has 0 unspecified atom stereocenters. The fourth-order valence-corrected chi connectivity index (χ4v) is 0.802. The Balaban J connectivity index is 2.00. The van der Waals surface area contributed by atoms with Crippen molar-refractivity contribution in [3.8, 4) is 0 Å². The van der Waals surface area contributed by atoms with E-state index in [-0.39, 0.29) is 0 Å². The van der Waals surface area contributed by atoms with Crippen LogP contribution in [0.3, 0.4) is 0 Å². The Morgan fingerprint density at radius 2 is 1.50 bits per heavy atom. The van der Waals surface area contributed by atoms with E-state index in [4.69, 9.17) is 0 Å². The van der Waals surface area contributed by atoms with Gasteiger partial charge in [0.05, 0.1) is 0 Å². The first-order chi connectivity index (χ1) is 3.00. The lowest BCUT2D eigenvalue weighted by molar-refractivity contribution is 0.593. The molecule has 0 atom stereocenters. The fraction of sp³-hybridized carbons (Fsp3) is 0.833. The van der Waals surface area contributed by atoms with Gasteiger partial charge in [0.15, 0.2) is 0 Å². The topological polar surface area (TPSA) is 0 Å². The van der Waals surface area contributed by atoms with Gasteiger partial charge in [0.2, 0.25) is 0 Å². The van der Waals surface area contributed by atoms with E-state index in [0.717, 1.165) is 0 Å². The molecule has 0 heterocycles. The first-order valence-electron chi connectivity index (χ1n) is 2.71. The summed E-state index contributed by atoms with van der Waals surface area (Å²) in [6, 6.07) is 0. The molecule has 0 saturated heterocycles. The van der Waals surface area contributed by atoms with E-state index >= 15 is 0 Å². The predicted molar refractivity (Wildman–Crippen MR) is 26.3 cm³/mol. The van der Waals surface area contributed by atoms with E-state index in [1.807, 2.05) is 0 Å². The molecule has 0 aromatic carbocycles. The third-order valence-electron chi connectivity index (χ3n) is 1.21. The number of hydrogen-bond acceptors (Lipinski definition) is 0. The second-order valence-electron chi connectivity index (χ2n) is 1.81. The van der Waals surface area contributed by atoms with Gasteiger partial charge < -0.3 is 0 Å².